The van der Waals surface area contributed by atoms with Crippen LogP contribution in [0.5, 0.6) is 0 Å². The number of nitrogen functional groups attached to an aromatic ring is 1. The number of aromatic nitrogens is 3. The van der Waals surface area contributed by atoms with E-state index in [0.717, 1.165) is 29.3 Å². The normalized spacial score (nSPS) is 11.1. The van der Waals surface area contributed by atoms with E-state index in [4.69, 9.17) is 17.3 Å². The first-order chi connectivity index (χ1) is 12.9. The van der Waals surface area contributed by atoms with E-state index in [1.807, 2.05) is 31.2 Å². The number of pyridine rings is 1. The third kappa shape index (κ3) is 3.68. The summed E-state index contributed by atoms with van der Waals surface area (Å²) >= 11 is 6.25. The van der Waals surface area contributed by atoms with Gasteiger partial charge in [-0.3, -0.25) is 19.3 Å². The van der Waals surface area contributed by atoms with Crippen molar-refractivity contribution in [3.63, 3.8) is 0 Å². The second kappa shape index (κ2) is 7.84. The van der Waals surface area contributed by atoms with Gasteiger partial charge in [-0.05, 0) is 30.2 Å². The van der Waals surface area contributed by atoms with Crippen LogP contribution in [0.15, 0.2) is 40.1 Å². The number of halogens is 1. The molecule has 0 spiro atoms. The van der Waals surface area contributed by atoms with Gasteiger partial charge >= 0.3 is 5.69 Å². The van der Waals surface area contributed by atoms with Crippen LogP contribution in [-0.4, -0.2) is 21.6 Å². The Labute approximate surface area is 161 Å². The van der Waals surface area contributed by atoms with Gasteiger partial charge in [0.25, 0.3) is 5.56 Å². The standard InChI is InChI=1S/C19H22ClN5O2/c1-3-4-10-25-17(21)16(18(26)23-19(25)27)24(2)11-12-7-8-14(20)13-6-5-9-22-15(12)13/h5-9H,3-4,10-11,21H2,1-2H3,(H,23,26,27). The molecule has 27 heavy (non-hydrogen) atoms. The lowest BCUT2D eigenvalue weighted by Gasteiger charge is -2.22. The highest BCUT2D eigenvalue weighted by atomic mass is 35.5. The van der Waals surface area contributed by atoms with E-state index in [0.29, 0.717) is 18.1 Å². The molecule has 2 aromatic heterocycles. The van der Waals surface area contributed by atoms with Gasteiger partial charge in [-0.25, -0.2) is 4.79 Å². The number of rotatable bonds is 6. The van der Waals surface area contributed by atoms with Crippen LogP contribution in [0.1, 0.15) is 25.3 Å². The molecule has 0 amide bonds. The predicted octanol–water partition coefficient (Wildman–Crippen LogP) is 2.76. The highest BCUT2D eigenvalue weighted by molar-refractivity contribution is 6.35. The van der Waals surface area contributed by atoms with Crippen molar-refractivity contribution < 1.29 is 0 Å². The van der Waals surface area contributed by atoms with Gasteiger partial charge in [0.1, 0.15) is 11.5 Å². The minimum absolute atomic E-state index is 0.172. The van der Waals surface area contributed by atoms with Gasteiger partial charge in [0.05, 0.1) is 5.52 Å². The average Bonchev–Trinajstić information content (AvgIpc) is 2.64. The van der Waals surface area contributed by atoms with E-state index in [1.165, 1.54) is 4.57 Å². The van der Waals surface area contributed by atoms with Crippen LogP contribution in [0.2, 0.25) is 5.02 Å². The lowest BCUT2D eigenvalue weighted by Crippen LogP contribution is -2.37. The minimum atomic E-state index is -0.501. The molecule has 0 atom stereocenters. The monoisotopic (exact) mass is 387 g/mol. The van der Waals surface area contributed by atoms with E-state index < -0.39 is 11.2 Å². The zero-order valence-electron chi connectivity index (χ0n) is 15.3. The van der Waals surface area contributed by atoms with E-state index in [-0.39, 0.29) is 11.5 Å². The summed E-state index contributed by atoms with van der Waals surface area (Å²) in [6.45, 7) is 2.88. The number of unbranched alkanes of at least 4 members (excludes halogenated alkanes) is 1. The van der Waals surface area contributed by atoms with Crippen LogP contribution in [0.4, 0.5) is 11.5 Å². The van der Waals surface area contributed by atoms with Crippen LogP contribution < -0.4 is 21.9 Å². The zero-order valence-corrected chi connectivity index (χ0v) is 16.1. The van der Waals surface area contributed by atoms with Gasteiger partial charge in [-0.15, -0.1) is 0 Å². The fourth-order valence-corrected chi connectivity index (χ4v) is 3.36. The molecule has 3 aromatic rings. The molecular formula is C19H22ClN5O2. The number of anilines is 2. The molecule has 8 heteroatoms. The van der Waals surface area contributed by atoms with Crippen LogP contribution in [-0.2, 0) is 13.1 Å². The van der Waals surface area contributed by atoms with Gasteiger partial charge in [-0.2, -0.15) is 0 Å². The largest absolute Gasteiger partial charge is 0.383 e. The zero-order chi connectivity index (χ0) is 19.6. The van der Waals surface area contributed by atoms with Crippen LogP contribution in [0.25, 0.3) is 10.9 Å². The van der Waals surface area contributed by atoms with Crippen LogP contribution in [0.3, 0.4) is 0 Å². The summed E-state index contributed by atoms with van der Waals surface area (Å²) in [5.74, 6) is 0.172. The summed E-state index contributed by atoms with van der Waals surface area (Å²) in [4.78, 5) is 33.0. The smallest absolute Gasteiger partial charge is 0.330 e. The Morgan fingerprint density at radius 2 is 2.07 bits per heavy atom. The Bertz CT molecular complexity index is 1090. The molecular weight excluding hydrogens is 366 g/mol. The van der Waals surface area contributed by atoms with Gasteiger partial charge in [0.2, 0.25) is 0 Å². The Kier molecular flexibility index (Phi) is 5.51. The number of aromatic amines is 1. The Morgan fingerprint density at radius 3 is 2.81 bits per heavy atom. The second-order valence-corrected chi connectivity index (χ2v) is 6.87. The first kappa shape index (κ1) is 19.0. The number of fused-ring (bicyclic) bond motifs is 1. The maximum absolute atomic E-state index is 12.4. The van der Waals surface area contributed by atoms with E-state index in [9.17, 15) is 9.59 Å². The lowest BCUT2D eigenvalue weighted by atomic mass is 10.1. The second-order valence-electron chi connectivity index (χ2n) is 6.46. The van der Waals surface area contributed by atoms with Crippen molar-refractivity contribution in [2.24, 2.45) is 0 Å². The Morgan fingerprint density at radius 1 is 1.30 bits per heavy atom. The summed E-state index contributed by atoms with van der Waals surface area (Å²) in [5, 5.41) is 1.47. The van der Waals surface area contributed by atoms with Crippen molar-refractivity contribution >= 4 is 34.0 Å². The number of benzene rings is 1. The molecule has 3 N–H and O–H groups in total. The molecule has 0 aliphatic carbocycles. The molecule has 142 valence electrons. The SMILES string of the molecule is CCCCn1c(N)c(N(C)Cc2ccc(Cl)c3cccnc23)c(=O)[nH]c1=O. The third-order valence-electron chi connectivity index (χ3n) is 4.54. The maximum Gasteiger partial charge on any atom is 0.330 e. The number of hydrogen-bond acceptors (Lipinski definition) is 5. The molecule has 0 unspecified atom stereocenters. The molecule has 2 heterocycles. The minimum Gasteiger partial charge on any atom is -0.383 e. The van der Waals surface area contributed by atoms with Crippen LogP contribution in [0, 0.1) is 0 Å². The summed E-state index contributed by atoms with van der Waals surface area (Å²) in [5.41, 5.74) is 7.14. The van der Waals surface area contributed by atoms with Crippen molar-refractivity contribution in [2.45, 2.75) is 32.9 Å². The highest BCUT2D eigenvalue weighted by Crippen LogP contribution is 2.27. The summed E-state index contributed by atoms with van der Waals surface area (Å²) in [7, 11) is 1.76. The molecule has 0 radical (unpaired) electrons. The quantitative estimate of drug-likeness (QED) is 0.677. The topological polar surface area (TPSA) is 97.0 Å². The van der Waals surface area contributed by atoms with E-state index >= 15 is 0 Å². The average molecular weight is 388 g/mol. The third-order valence-corrected chi connectivity index (χ3v) is 4.87. The molecule has 0 fully saturated rings. The van der Waals surface area contributed by atoms with Crippen molar-refractivity contribution in [1.29, 1.82) is 0 Å². The van der Waals surface area contributed by atoms with Crippen molar-refractivity contribution in [1.82, 2.24) is 14.5 Å². The summed E-state index contributed by atoms with van der Waals surface area (Å²) < 4.78 is 1.41. The summed E-state index contributed by atoms with van der Waals surface area (Å²) in [6.07, 6.45) is 3.41. The van der Waals surface area contributed by atoms with Gasteiger partial charge in [-0.1, -0.05) is 31.0 Å². The first-order valence-electron chi connectivity index (χ1n) is 8.79. The van der Waals surface area contributed by atoms with Gasteiger partial charge < -0.3 is 10.6 Å². The molecule has 0 saturated heterocycles. The molecule has 7 nitrogen and oxygen atoms in total. The molecule has 0 bridgehead atoms. The van der Waals surface area contributed by atoms with Crippen LogP contribution >= 0.6 is 11.6 Å². The van der Waals surface area contributed by atoms with Crippen molar-refractivity contribution in [3.05, 3.63) is 61.9 Å². The van der Waals surface area contributed by atoms with E-state index in [1.54, 1.807) is 18.1 Å². The molecule has 1 aromatic carbocycles. The molecule has 0 aliphatic rings. The Balaban J connectivity index is 2.03. The number of H-pyrrole nitrogens is 1. The van der Waals surface area contributed by atoms with Crippen molar-refractivity contribution in [2.75, 3.05) is 17.7 Å². The van der Waals surface area contributed by atoms with Gasteiger partial charge in [0, 0.05) is 36.7 Å². The Hall–Kier alpha value is -2.80. The molecule has 0 saturated carbocycles. The fraction of sp³-hybridized carbons (Fsp3) is 0.316. The molecule has 0 aliphatic heterocycles. The lowest BCUT2D eigenvalue weighted by molar-refractivity contribution is 0.603. The maximum atomic E-state index is 12.4. The molecule has 3 rings (SSSR count). The number of nitrogens with two attached hydrogens (primary N) is 1. The first-order valence-corrected chi connectivity index (χ1v) is 9.17. The predicted molar refractivity (Wildman–Crippen MR) is 110 cm³/mol. The number of nitrogens with zero attached hydrogens (tertiary/aromatic N) is 3. The van der Waals surface area contributed by atoms with Gasteiger partial charge in [0.15, 0.2) is 0 Å². The van der Waals surface area contributed by atoms with E-state index in [2.05, 4.69) is 9.97 Å². The number of hydrogen-bond donors (Lipinski definition) is 2. The fourth-order valence-electron chi connectivity index (χ4n) is 3.14. The summed E-state index contributed by atoms with van der Waals surface area (Å²) in [6, 6.07) is 7.42. The highest BCUT2D eigenvalue weighted by Gasteiger charge is 2.17. The number of nitrogens with one attached hydrogen (secondary N) is 1. The van der Waals surface area contributed by atoms with Crippen molar-refractivity contribution in [3.8, 4) is 0 Å².